The molecule has 1 aromatic heterocycles. The summed E-state index contributed by atoms with van der Waals surface area (Å²) in [5.41, 5.74) is 5.83. The number of carboxylic acid groups (broad SMARTS) is 1. The first-order valence-electron chi connectivity index (χ1n) is 16.9. The number of aliphatic carboxylic acids is 1. The van der Waals surface area contributed by atoms with Gasteiger partial charge in [-0.05, 0) is 109 Å². The summed E-state index contributed by atoms with van der Waals surface area (Å²) in [6.07, 6.45) is 19.5. The van der Waals surface area contributed by atoms with E-state index in [2.05, 4.69) is 69.8 Å². The lowest BCUT2D eigenvalue weighted by molar-refractivity contribution is -0.156. The molecule has 2 atom stereocenters. The van der Waals surface area contributed by atoms with Crippen molar-refractivity contribution in [1.29, 1.82) is 0 Å². The third-order valence-corrected chi connectivity index (χ3v) is 12.6. The molecule has 0 aliphatic heterocycles. The lowest BCUT2D eigenvalue weighted by Gasteiger charge is -2.51. The number of nitrogens with one attached hydrogen (secondary N) is 1. The van der Waals surface area contributed by atoms with Crippen LogP contribution in [0.1, 0.15) is 140 Å². The van der Waals surface area contributed by atoms with Crippen molar-refractivity contribution in [2.24, 2.45) is 41.0 Å². The largest absolute Gasteiger partial charge is 0.481 e. The van der Waals surface area contributed by atoms with E-state index in [0.29, 0.717) is 42.4 Å². The summed E-state index contributed by atoms with van der Waals surface area (Å²) in [7, 11) is 2.11. The van der Waals surface area contributed by atoms with Gasteiger partial charge in [-0.15, -0.1) is 0 Å². The Bertz CT molecular complexity index is 1290. The molecule has 5 nitrogen and oxygen atoms in total. The van der Waals surface area contributed by atoms with Crippen molar-refractivity contribution in [2.75, 3.05) is 0 Å². The molecule has 7 rings (SSSR count). The van der Waals surface area contributed by atoms with Crippen LogP contribution in [0.15, 0.2) is 23.8 Å². The molecule has 2 unspecified atom stereocenters. The van der Waals surface area contributed by atoms with E-state index in [-0.39, 0.29) is 16.9 Å². The predicted molar refractivity (Wildman–Crippen MR) is 169 cm³/mol. The zero-order chi connectivity index (χ0) is 30.1. The fourth-order valence-corrected chi connectivity index (χ4v) is 9.02. The summed E-state index contributed by atoms with van der Waals surface area (Å²) in [5, 5.41) is 13.3. The summed E-state index contributed by atoms with van der Waals surface area (Å²) in [5.74, 6) is 0.963. The van der Waals surface area contributed by atoms with Gasteiger partial charge < -0.3 is 15.0 Å². The van der Waals surface area contributed by atoms with Crippen molar-refractivity contribution in [3.8, 4) is 0 Å². The maximum Gasteiger partial charge on any atom is 0.309 e. The molecule has 5 fully saturated rings. The molecule has 0 spiro atoms. The van der Waals surface area contributed by atoms with Crippen LogP contribution in [0.5, 0.6) is 0 Å². The van der Waals surface area contributed by atoms with Gasteiger partial charge in [0.15, 0.2) is 0 Å². The molecule has 2 N–H and O–H groups in total. The molecule has 5 heteroatoms. The number of nitrogens with zero attached hydrogens (tertiary/aromatic N) is 1. The van der Waals surface area contributed by atoms with E-state index in [0.717, 1.165) is 31.4 Å². The number of carbonyl (C=O) groups excluding carboxylic acids is 1. The third kappa shape index (κ3) is 5.21. The van der Waals surface area contributed by atoms with Crippen LogP contribution in [0.2, 0.25) is 0 Å². The maximum absolute atomic E-state index is 14.1. The Balaban J connectivity index is 1.36. The molecule has 0 saturated heterocycles. The zero-order valence-corrected chi connectivity index (χ0v) is 27.1. The smallest absolute Gasteiger partial charge is 0.309 e. The Kier molecular flexibility index (Phi) is 7.37. The summed E-state index contributed by atoms with van der Waals surface area (Å²) in [4.78, 5) is 26.1. The Labute approximate surface area is 253 Å². The number of fused-ring (bicyclic) bond motifs is 3. The summed E-state index contributed by atoms with van der Waals surface area (Å²) < 4.78 is 2.22. The Morgan fingerprint density at radius 2 is 1.62 bits per heavy atom. The fourth-order valence-electron chi connectivity index (χ4n) is 9.02. The van der Waals surface area contributed by atoms with E-state index >= 15 is 0 Å². The Morgan fingerprint density at radius 1 is 1.00 bits per heavy atom. The second kappa shape index (κ2) is 10.4. The van der Waals surface area contributed by atoms with Crippen molar-refractivity contribution in [2.45, 2.75) is 130 Å². The van der Waals surface area contributed by atoms with Gasteiger partial charge in [-0.1, -0.05) is 78.9 Å². The molecule has 1 aromatic rings. The molecule has 1 amide bonds. The van der Waals surface area contributed by atoms with Gasteiger partial charge in [0, 0.05) is 18.3 Å². The van der Waals surface area contributed by atoms with E-state index in [9.17, 15) is 14.7 Å². The SMILES string of the molecule is CC1C(c2cc(C(=O)NC34CCC(C(=O)O)(CC3)CC4)n(C)c2CC2CCCCC2)=CC(C(C)(C)C)=CC1C1(C)CC1. The van der Waals surface area contributed by atoms with Gasteiger partial charge in [0.05, 0.1) is 5.41 Å². The average molecular weight is 575 g/mol. The summed E-state index contributed by atoms with van der Waals surface area (Å²) in [6, 6.07) is 2.22. The number of hydrogen-bond acceptors (Lipinski definition) is 2. The van der Waals surface area contributed by atoms with Gasteiger partial charge in [-0.25, -0.2) is 0 Å². The van der Waals surface area contributed by atoms with Crippen molar-refractivity contribution < 1.29 is 14.7 Å². The molecule has 6 aliphatic carbocycles. The van der Waals surface area contributed by atoms with Gasteiger partial charge in [0.2, 0.25) is 0 Å². The highest BCUT2D eigenvalue weighted by Crippen LogP contribution is 2.59. The van der Waals surface area contributed by atoms with Gasteiger partial charge in [-0.2, -0.15) is 0 Å². The van der Waals surface area contributed by atoms with Gasteiger partial charge in [0.1, 0.15) is 5.69 Å². The minimum absolute atomic E-state index is 0.0136. The van der Waals surface area contributed by atoms with Gasteiger partial charge in [0.25, 0.3) is 5.91 Å². The van der Waals surface area contributed by atoms with Crippen molar-refractivity contribution in [1.82, 2.24) is 9.88 Å². The maximum atomic E-state index is 14.1. The molecule has 2 bridgehead atoms. The van der Waals surface area contributed by atoms with Gasteiger partial charge >= 0.3 is 5.97 Å². The summed E-state index contributed by atoms with van der Waals surface area (Å²) >= 11 is 0. The number of carboxylic acids is 1. The molecule has 230 valence electrons. The van der Waals surface area contributed by atoms with Crippen LogP contribution >= 0.6 is 0 Å². The van der Waals surface area contributed by atoms with E-state index in [1.165, 1.54) is 67.3 Å². The standard InChI is InChI=1S/C37H54N2O3/c1-24-27(21-26(34(2,3)4)22-29(24)35(5)12-13-35)28-23-31(39(6)30(28)20-25-10-8-7-9-11-25)32(40)38-37-17-14-36(15-18-37,16-19-37)33(41)42/h21-25,29H,7-20H2,1-6H3,(H,38,40)(H,41,42). The highest BCUT2D eigenvalue weighted by Gasteiger charge is 2.53. The number of rotatable bonds is 7. The molecule has 0 aromatic carbocycles. The van der Waals surface area contributed by atoms with Crippen LogP contribution in [0.25, 0.3) is 5.57 Å². The van der Waals surface area contributed by atoms with E-state index in [4.69, 9.17) is 0 Å². The molecule has 1 heterocycles. The first-order chi connectivity index (χ1) is 19.8. The summed E-state index contributed by atoms with van der Waals surface area (Å²) in [6.45, 7) is 11.9. The number of amides is 1. The second-order valence-electron chi connectivity index (χ2n) is 16.4. The van der Waals surface area contributed by atoms with Crippen LogP contribution in [0, 0.1) is 34.0 Å². The lowest BCUT2D eigenvalue weighted by atomic mass is 9.57. The van der Waals surface area contributed by atoms with Gasteiger partial charge in [-0.3, -0.25) is 9.59 Å². The fraction of sp³-hybridized carbons (Fsp3) is 0.730. The number of allylic oxidation sites excluding steroid dienone is 4. The van der Waals surface area contributed by atoms with E-state index < -0.39 is 11.4 Å². The number of hydrogen-bond donors (Lipinski definition) is 2. The van der Waals surface area contributed by atoms with E-state index in [1.807, 2.05) is 0 Å². The predicted octanol–water partition coefficient (Wildman–Crippen LogP) is 8.48. The Hall–Kier alpha value is -2.30. The monoisotopic (exact) mass is 574 g/mol. The van der Waals surface area contributed by atoms with Crippen molar-refractivity contribution in [3.63, 3.8) is 0 Å². The van der Waals surface area contributed by atoms with Crippen LogP contribution in [-0.4, -0.2) is 27.1 Å². The highest BCUT2D eigenvalue weighted by molar-refractivity contribution is 5.95. The lowest BCUT2D eigenvalue weighted by Crippen LogP contribution is -2.58. The minimum atomic E-state index is -0.654. The van der Waals surface area contributed by atoms with Crippen LogP contribution in [-0.2, 0) is 18.3 Å². The quantitative estimate of drug-likeness (QED) is 0.343. The van der Waals surface area contributed by atoms with Crippen molar-refractivity contribution in [3.05, 3.63) is 40.7 Å². The van der Waals surface area contributed by atoms with Crippen LogP contribution < -0.4 is 5.32 Å². The third-order valence-electron chi connectivity index (χ3n) is 12.6. The topological polar surface area (TPSA) is 71.3 Å². The molecule has 5 saturated carbocycles. The zero-order valence-electron chi connectivity index (χ0n) is 27.1. The normalized spacial score (nSPS) is 32.7. The number of aromatic nitrogens is 1. The molecular formula is C37H54N2O3. The second-order valence-corrected chi connectivity index (χ2v) is 16.4. The highest BCUT2D eigenvalue weighted by atomic mass is 16.4. The van der Waals surface area contributed by atoms with E-state index in [1.54, 1.807) is 0 Å². The molecule has 42 heavy (non-hydrogen) atoms. The molecule has 6 aliphatic rings. The first-order valence-corrected chi connectivity index (χ1v) is 16.9. The van der Waals surface area contributed by atoms with Crippen molar-refractivity contribution >= 4 is 17.4 Å². The Morgan fingerprint density at radius 3 is 2.17 bits per heavy atom. The molecular weight excluding hydrogens is 520 g/mol. The minimum Gasteiger partial charge on any atom is -0.481 e. The van der Waals surface area contributed by atoms with Crippen LogP contribution in [0.4, 0.5) is 0 Å². The first kappa shape index (κ1) is 29.8. The molecule has 0 radical (unpaired) electrons. The van der Waals surface area contributed by atoms with Crippen LogP contribution in [0.3, 0.4) is 0 Å². The average Bonchev–Trinajstić information content (AvgIpc) is 3.63. The number of carbonyl (C=O) groups is 2.